The first-order valence-corrected chi connectivity index (χ1v) is 11.2. The van der Waals surface area contributed by atoms with Gasteiger partial charge in [-0.05, 0) is 41.1 Å². The van der Waals surface area contributed by atoms with E-state index in [1.165, 1.54) is 11.3 Å². The lowest BCUT2D eigenvalue weighted by Crippen LogP contribution is -2.44. The first-order chi connectivity index (χ1) is 13.5. The number of aromatic amines is 1. The number of H-pyrrole nitrogens is 1. The molecular formula is C18H17BrN4O3S2. The number of methoxy groups -OCH3 is 1. The Morgan fingerprint density at radius 1 is 1.43 bits per heavy atom. The normalized spacial score (nSPS) is 16.5. The summed E-state index contributed by atoms with van der Waals surface area (Å²) in [7, 11) is 1.59. The SMILES string of the molecule is COc1ccc(Br)c2[nH]c(C(=O)N3CSCC3C(=O)Nc3ncc(C)s3)cc12. The summed E-state index contributed by atoms with van der Waals surface area (Å²) in [6.45, 7) is 1.93. The first kappa shape index (κ1) is 19.3. The lowest BCUT2D eigenvalue weighted by molar-refractivity contribution is -0.119. The molecule has 1 atom stereocenters. The average molecular weight is 481 g/mol. The number of aryl methyl sites for hydroxylation is 1. The van der Waals surface area contributed by atoms with Crippen LogP contribution in [0.15, 0.2) is 28.9 Å². The van der Waals surface area contributed by atoms with Crippen LogP contribution in [0.4, 0.5) is 5.13 Å². The zero-order chi connectivity index (χ0) is 19.8. The summed E-state index contributed by atoms with van der Waals surface area (Å²) in [6, 6.07) is 4.93. The Bertz CT molecular complexity index is 1060. The highest BCUT2D eigenvalue weighted by Gasteiger charge is 2.36. The second-order valence-electron chi connectivity index (χ2n) is 6.28. The molecule has 10 heteroatoms. The summed E-state index contributed by atoms with van der Waals surface area (Å²) in [4.78, 5) is 35.8. The Morgan fingerprint density at radius 3 is 2.96 bits per heavy atom. The van der Waals surface area contributed by atoms with Crippen LogP contribution in [0.2, 0.25) is 0 Å². The summed E-state index contributed by atoms with van der Waals surface area (Å²) in [6.07, 6.45) is 1.71. The molecule has 1 aliphatic rings. The molecule has 0 bridgehead atoms. The van der Waals surface area contributed by atoms with E-state index in [0.29, 0.717) is 28.2 Å². The number of fused-ring (bicyclic) bond motifs is 1. The van der Waals surface area contributed by atoms with Crippen molar-refractivity contribution in [1.82, 2.24) is 14.9 Å². The maximum atomic E-state index is 13.1. The van der Waals surface area contributed by atoms with E-state index in [4.69, 9.17) is 4.74 Å². The van der Waals surface area contributed by atoms with E-state index in [-0.39, 0.29) is 11.8 Å². The molecule has 0 saturated carbocycles. The van der Waals surface area contributed by atoms with Crippen LogP contribution in [0.5, 0.6) is 5.75 Å². The number of ether oxygens (including phenoxy) is 1. The molecule has 0 aliphatic carbocycles. The standard InChI is InChI=1S/C18H17BrN4O3S2/c1-9-6-20-18(28-9)22-16(24)13-7-27-8-23(13)17(25)12-5-10-14(26-2)4-3-11(19)15(10)21-12/h3-6,13,21H,7-8H2,1-2H3,(H,20,22,24). The third-order valence-corrected chi connectivity index (χ3v) is 6.95. The van der Waals surface area contributed by atoms with Crippen LogP contribution in [-0.2, 0) is 4.79 Å². The Kier molecular flexibility index (Phi) is 5.35. The van der Waals surface area contributed by atoms with E-state index in [1.54, 1.807) is 36.0 Å². The average Bonchev–Trinajstić information content (AvgIpc) is 3.40. The van der Waals surface area contributed by atoms with Gasteiger partial charge in [-0.3, -0.25) is 9.59 Å². The predicted molar refractivity (Wildman–Crippen MR) is 115 cm³/mol. The van der Waals surface area contributed by atoms with E-state index in [1.807, 2.05) is 19.1 Å². The van der Waals surface area contributed by atoms with Crippen molar-refractivity contribution in [2.45, 2.75) is 13.0 Å². The van der Waals surface area contributed by atoms with Crippen LogP contribution in [0.25, 0.3) is 10.9 Å². The van der Waals surface area contributed by atoms with Gasteiger partial charge in [-0.15, -0.1) is 23.1 Å². The molecule has 1 saturated heterocycles. The Labute approximate surface area is 178 Å². The van der Waals surface area contributed by atoms with Crippen LogP contribution in [0, 0.1) is 6.92 Å². The number of nitrogens with one attached hydrogen (secondary N) is 2. The lowest BCUT2D eigenvalue weighted by Gasteiger charge is -2.22. The van der Waals surface area contributed by atoms with Gasteiger partial charge in [-0.25, -0.2) is 4.98 Å². The molecule has 3 aromatic rings. The van der Waals surface area contributed by atoms with Gasteiger partial charge in [0, 0.05) is 26.7 Å². The molecule has 1 aromatic carbocycles. The molecule has 1 unspecified atom stereocenters. The third-order valence-electron chi connectivity index (χ3n) is 4.45. The van der Waals surface area contributed by atoms with Crippen LogP contribution in [0.3, 0.4) is 0 Å². The van der Waals surface area contributed by atoms with Gasteiger partial charge in [0.15, 0.2) is 5.13 Å². The Hall–Kier alpha value is -2.04. The first-order valence-electron chi connectivity index (χ1n) is 8.45. The fourth-order valence-electron chi connectivity index (χ4n) is 3.07. The number of carbonyl (C=O) groups excluding carboxylic acids is 2. The van der Waals surface area contributed by atoms with E-state index >= 15 is 0 Å². The number of hydrogen-bond acceptors (Lipinski definition) is 6. The summed E-state index contributed by atoms with van der Waals surface area (Å²) in [5.74, 6) is 1.25. The molecular weight excluding hydrogens is 464 g/mol. The minimum absolute atomic E-state index is 0.217. The summed E-state index contributed by atoms with van der Waals surface area (Å²) in [5, 5.41) is 4.18. The number of rotatable bonds is 4. The molecule has 2 amide bonds. The van der Waals surface area contributed by atoms with Gasteiger partial charge >= 0.3 is 0 Å². The van der Waals surface area contributed by atoms with Gasteiger partial charge in [-0.1, -0.05) is 0 Å². The molecule has 0 spiro atoms. The van der Waals surface area contributed by atoms with Gasteiger partial charge in [0.2, 0.25) is 5.91 Å². The van der Waals surface area contributed by atoms with E-state index in [2.05, 4.69) is 31.2 Å². The van der Waals surface area contributed by atoms with Crippen molar-refractivity contribution in [3.63, 3.8) is 0 Å². The third kappa shape index (κ3) is 3.51. The van der Waals surface area contributed by atoms with Crippen molar-refractivity contribution < 1.29 is 14.3 Å². The number of benzene rings is 1. The van der Waals surface area contributed by atoms with E-state index in [9.17, 15) is 9.59 Å². The molecule has 1 fully saturated rings. The minimum atomic E-state index is -0.543. The topological polar surface area (TPSA) is 87.3 Å². The quantitative estimate of drug-likeness (QED) is 0.591. The number of hydrogen-bond donors (Lipinski definition) is 2. The Morgan fingerprint density at radius 2 is 2.25 bits per heavy atom. The maximum absolute atomic E-state index is 13.1. The van der Waals surface area contributed by atoms with E-state index in [0.717, 1.165) is 20.3 Å². The van der Waals surface area contributed by atoms with Crippen molar-refractivity contribution in [2.24, 2.45) is 0 Å². The van der Waals surface area contributed by atoms with Crippen LogP contribution >= 0.6 is 39.0 Å². The van der Waals surface area contributed by atoms with Gasteiger partial charge < -0.3 is 19.9 Å². The summed E-state index contributed by atoms with van der Waals surface area (Å²) < 4.78 is 6.23. The minimum Gasteiger partial charge on any atom is -0.496 e. The summed E-state index contributed by atoms with van der Waals surface area (Å²) in [5.41, 5.74) is 1.21. The lowest BCUT2D eigenvalue weighted by atomic mass is 10.2. The maximum Gasteiger partial charge on any atom is 0.271 e. The fourth-order valence-corrected chi connectivity index (χ4v) is 5.33. The summed E-state index contributed by atoms with van der Waals surface area (Å²) >= 11 is 6.46. The Balaban J connectivity index is 1.59. The fraction of sp³-hybridized carbons (Fsp3) is 0.278. The zero-order valence-electron chi connectivity index (χ0n) is 15.1. The molecule has 3 heterocycles. The predicted octanol–water partition coefficient (Wildman–Crippen LogP) is 3.86. The number of nitrogens with zero attached hydrogens (tertiary/aromatic N) is 2. The largest absolute Gasteiger partial charge is 0.496 e. The number of carbonyl (C=O) groups is 2. The molecule has 4 rings (SSSR count). The molecule has 2 aromatic heterocycles. The van der Waals surface area contributed by atoms with Crippen molar-refractivity contribution in [3.05, 3.63) is 39.4 Å². The van der Waals surface area contributed by atoms with Gasteiger partial charge in [0.1, 0.15) is 17.5 Å². The second kappa shape index (κ2) is 7.76. The number of aromatic nitrogens is 2. The van der Waals surface area contributed by atoms with Gasteiger partial charge in [-0.2, -0.15) is 0 Å². The monoisotopic (exact) mass is 480 g/mol. The molecule has 146 valence electrons. The highest BCUT2D eigenvalue weighted by molar-refractivity contribution is 9.10. The molecule has 28 heavy (non-hydrogen) atoms. The molecule has 7 nitrogen and oxygen atoms in total. The molecule has 2 N–H and O–H groups in total. The van der Waals surface area contributed by atoms with Crippen LogP contribution in [0.1, 0.15) is 15.4 Å². The van der Waals surface area contributed by atoms with Crippen LogP contribution in [-0.4, -0.2) is 51.5 Å². The van der Waals surface area contributed by atoms with Crippen LogP contribution < -0.4 is 10.1 Å². The van der Waals surface area contributed by atoms with Crippen molar-refractivity contribution in [3.8, 4) is 5.75 Å². The smallest absolute Gasteiger partial charge is 0.271 e. The van der Waals surface area contributed by atoms with Gasteiger partial charge in [0.05, 0.1) is 18.5 Å². The van der Waals surface area contributed by atoms with Crippen molar-refractivity contribution in [1.29, 1.82) is 0 Å². The number of anilines is 1. The number of thiazole rings is 1. The second-order valence-corrected chi connectivity index (χ2v) is 9.37. The van der Waals surface area contributed by atoms with Gasteiger partial charge in [0.25, 0.3) is 5.91 Å². The molecule has 0 radical (unpaired) electrons. The van der Waals surface area contributed by atoms with Crippen molar-refractivity contribution in [2.75, 3.05) is 24.1 Å². The molecule has 1 aliphatic heterocycles. The number of thioether (sulfide) groups is 1. The highest BCUT2D eigenvalue weighted by Crippen LogP contribution is 2.33. The van der Waals surface area contributed by atoms with Crippen molar-refractivity contribution >= 4 is 66.9 Å². The zero-order valence-corrected chi connectivity index (χ0v) is 18.3. The number of halogens is 1. The highest BCUT2D eigenvalue weighted by atomic mass is 79.9. The van der Waals surface area contributed by atoms with E-state index < -0.39 is 6.04 Å². The number of amides is 2.